The second-order valence-corrected chi connectivity index (χ2v) is 8.84. The van der Waals surface area contributed by atoms with Crippen LogP contribution in [0.1, 0.15) is 32.3 Å². The van der Waals surface area contributed by atoms with Crippen LogP contribution in [0.25, 0.3) is 0 Å². The van der Waals surface area contributed by atoms with Gasteiger partial charge in [-0.3, -0.25) is 4.90 Å². The lowest BCUT2D eigenvalue weighted by atomic mass is 10.0. The van der Waals surface area contributed by atoms with Crippen LogP contribution in [-0.2, 0) is 11.3 Å². The zero-order valence-electron chi connectivity index (χ0n) is 18.6. The summed E-state index contributed by atoms with van der Waals surface area (Å²) in [4.78, 5) is 17.3. The van der Waals surface area contributed by atoms with Crippen LogP contribution in [0.15, 0.2) is 54.6 Å². The molecule has 2 N–H and O–H groups in total. The molecule has 6 heteroatoms. The van der Waals surface area contributed by atoms with E-state index in [1.54, 1.807) is 0 Å². The first kappa shape index (κ1) is 21.7. The van der Waals surface area contributed by atoms with Crippen molar-refractivity contribution in [2.24, 2.45) is 0 Å². The van der Waals surface area contributed by atoms with Crippen molar-refractivity contribution < 1.29 is 9.53 Å². The number of likely N-dealkylation sites (tertiary alicyclic amines) is 1. The Labute approximate surface area is 185 Å². The summed E-state index contributed by atoms with van der Waals surface area (Å²) >= 11 is 0. The van der Waals surface area contributed by atoms with Crippen molar-refractivity contribution in [1.82, 2.24) is 10.2 Å². The van der Waals surface area contributed by atoms with Gasteiger partial charge in [0.2, 0.25) is 0 Å². The van der Waals surface area contributed by atoms with Crippen LogP contribution < -0.4 is 15.5 Å². The highest BCUT2D eigenvalue weighted by molar-refractivity contribution is 5.89. The minimum atomic E-state index is -0.122. The smallest absolute Gasteiger partial charge is 0.319 e. The second-order valence-electron chi connectivity index (χ2n) is 8.84. The molecule has 166 valence electrons. The molecule has 0 aromatic heterocycles. The van der Waals surface area contributed by atoms with Gasteiger partial charge in [-0.15, -0.1) is 0 Å². The molecule has 2 atom stereocenters. The Hall–Kier alpha value is -2.57. The van der Waals surface area contributed by atoms with E-state index in [1.165, 1.54) is 11.3 Å². The van der Waals surface area contributed by atoms with E-state index < -0.39 is 0 Å². The molecule has 2 heterocycles. The Kier molecular flexibility index (Phi) is 7.10. The van der Waals surface area contributed by atoms with Gasteiger partial charge in [-0.1, -0.05) is 30.3 Å². The third-order valence-electron chi connectivity index (χ3n) is 6.08. The van der Waals surface area contributed by atoms with Crippen LogP contribution in [0.4, 0.5) is 16.2 Å². The van der Waals surface area contributed by atoms with E-state index in [4.69, 9.17) is 4.74 Å². The highest BCUT2D eigenvalue weighted by Crippen LogP contribution is 2.22. The van der Waals surface area contributed by atoms with Crippen LogP contribution in [0, 0.1) is 0 Å². The summed E-state index contributed by atoms with van der Waals surface area (Å²) < 4.78 is 5.81. The van der Waals surface area contributed by atoms with Crippen molar-refractivity contribution in [3.63, 3.8) is 0 Å². The second kappa shape index (κ2) is 10.2. The quantitative estimate of drug-likeness (QED) is 0.762. The Balaban J connectivity index is 1.21. The molecule has 2 aliphatic heterocycles. The van der Waals surface area contributed by atoms with Crippen molar-refractivity contribution in [1.29, 1.82) is 0 Å². The third kappa shape index (κ3) is 6.21. The van der Waals surface area contributed by atoms with Gasteiger partial charge in [0.1, 0.15) is 0 Å². The Morgan fingerprint density at radius 3 is 2.26 bits per heavy atom. The number of hydrogen-bond donors (Lipinski definition) is 2. The van der Waals surface area contributed by atoms with Gasteiger partial charge in [0, 0.05) is 50.1 Å². The predicted molar refractivity (Wildman–Crippen MR) is 126 cm³/mol. The van der Waals surface area contributed by atoms with Crippen LogP contribution in [0.3, 0.4) is 0 Å². The number of rotatable bonds is 5. The number of carbonyl (C=O) groups is 1. The van der Waals surface area contributed by atoms with Crippen molar-refractivity contribution in [3.8, 4) is 0 Å². The molecule has 0 saturated carbocycles. The fraction of sp³-hybridized carbons (Fsp3) is 0.480. The highest BCUT2D eigenvalue weighted by Gasteiger charge is 2.23. The number of benzene rings is 2. The normalized spacial score (nSPS) is 22.8. The largest absolute Gasteiger partial charge is 0.372 e. The number of nitrogens with zero attached hydrogens (tertiary/aromatic N) is 2. The molecule has 31 heavy (non-hydrogen) atoms. The number of morpholine rings is 1. The van der Waals surface area contributed by atoms with Crippen molar-refractivity contribution in [2.45, 2.75) is 51.5 Å². The monoisotopic (exact) mass is 422 g/mol. The topological polar surface area (TPSA) is 56.8 Å². The van der Waals surface area contributed by atoms with E-state index in [1.807, 2.05) is 12.1 Å². The number of nitrogens with one attached hydrogen (secondary N) is 2. The summed E-state index contributed by atoms with van der Waals surface area (Å²) in [5.41, 5.74) is 3.33. The Morgan fingerprint density at radius 2 is 1.61 bits per heavy atom. The number of carbonyl (C=O) groups excluding carboxylic acids is 1. The molecule has 0 spiro atoms. The van der Waals surface area contributed by atoms with Gasteiger partial charge in [-0.2, -0.15) is 0 Å². The van der Waals surface area contributed by atoms with Crippen LogP contribution in [0.5, 0.6) is 0 Å². The maximum atomic E-state index is 12.5. The van der Waals surface area contributed by atoms with E-state index in [-0.39, 0.29) is 24.3 Å². The average Bonchev–Trinajstić information content (AvgIpc) is 2.76. The summed E-state index contributed by atoms with van der Waals surface area (Å²) in [6.45, 7) is 8.98. The molecule has 2 unspecified atom stereocenters. The summed E-state index contributed by atoms with van der Waals surface area (Å²) in [6, 6.07) is 18.8. The highest BCUT2D eigenvalue weighted by atomic mass is 16.5. The molecule has 4 rings (SSSR count). The average molecular weight is 423 g/mol. The summed E-state index contributed by atoms with van der Waals surface area (Å²) in [5, 5.41) is 6.12. The third-order valence-corrected chi connectivity index (χ3v) is 6.08. The zero-order valence-corrected chi connectivity index (χ0v) is 18.6. The first-order chi connectivity index (χ1) is 15.0. The number of urea groups is 1. The van der Waals surface area contributed by atoms with Crippen LogP contribution in [-0.4, -0.2) is 55.4 Å². The Bertz CT molecular complexity index is 824. The fourth-order valence-electron chi connectivity index (χ4n) is 4.57. The minimum Gasteiger partial charge on any atom is -0.372 e. The maximum absolute atomic E-state index is 12.5. The van der Waals surface area contributed by atoms with E-state index >= 15 is 0 Å². The van der Waals surface area contributed by atoms with Gasteiger partial charge < -0.3 is 20.3 Å². The van der Waals surface area contributed by atoms with Gasteiger partial charge >= 0.3 is 6.03 Å². The number of piperidine rings is 1. The number of ether oxygens (including phenoxy) is 1. The van der Waals surface area contributed by atoms with Crippen molar-refractivity contribution in [3.05, 3.63) is 60.2 Å². The molecule has 6 nitrogen and oxygen atoms in total. The molecule has 0 aliphatic carbocycles. The SMILES string of the molecule is CC1CN(c2ccc(NC(=O)NC3CCN(Cc4ccccc4)CC3)cc2)CC(C)O1. The lowest BCUT2D eigenvalue weighted by Crippen LogP contribution is -2.45. The van der Waals surface area contributed by atoms with Crippen molar-refractivity contribution >= 4 is 17.4 Å². The molecule has 0 bridgehead atoms. The van der Waals surface area contributed by atoms with E-state index in [9.17, 15) is 4.79 Å². The lowest BCUT2D eigenvalue weighted by Gasteiger charge is -2.36. The number of hydrogen-bond acceptors (Lipinski definition) is 4. The summed E-state index contributed by atoms with van der Waals surface area (Å²) in [7, 11) is 0. The van der Waals surface area contributed by atoms with E-state index in [2.05, 4.69) is 76.7 Å². The first-order valence-electron chi connectivity index (χ1n) is 11.4. The number of anilines is 2. The van der Waals surface area contributed by atoms with Crippen LogP contribution >= 0.6 is 0 Å². The predicted octanol–water partition coefficient (Wildman–Crippen LogP) is 4.09. The fourth-order valence-corrected chi connectivity index (χ4v) is 4.57. The molecule has 2 fully saturated rings. The molecule has 2 aromatic rings. The first-order valence-corrected chi connectivity index (χ1v) is 11.4. The molecular formula is C25H34N4O2. The van der Waals surface area contributed by atoms with Gasteiger partial charge in [-0.25, -0.2) is 4.79 Å². The van der Waals surface area contributed by atoms with Gasteiger partial charge in [0.15, 0.2) is 0 Å². The maximum Gasteiger partial charge on any atom is 0.319 e. The molecular weight excluding hydrogens is 388 g/mol. The van der Waals surface area contributed by atoms with E-state index in [0.29, 0.717) is 0 Å². The van der Waals surface area contributed by atoms with E-state index in [0.717, 1.165) is 51.3 Å². The van der Waals surface area contributed by atoms with Crippen molar-refractivity contribution in [2.75, 3.05) is 36.4 Å². The summed E-state index contributed by atoms with van der Waals surface area (Å²) in [5.74, 6) is 0. The molecule has 2 aliphatic rings. The van der Waals surface area contributed by atoms with Gasteiger partial charge in [-0.05, 0) is 56.5 Å². The summed E-state index contributed by atoms with van der Waals surface area (Å²) in [6.07, 6.45) is 2.41. The van der Waals surface area contributed by atoms with Gasteiger partial charge in [0.05, 0.1) is 12.2 Å². The molecule has 0 radical (unpaired) electrons. The minimum absolute atomic E-state index is 0.122. The Morgan fingerprint density at radius 1 is 0.968 bits per heavy atom. The molecule has 2 amide bonds. The van der Waals surface area contributed by atoms with Gasteiger partial charge in [0.25, 0.3) is 0 Å². The molecule has 2 saturated heterocycles. The van der Waals surface area contributed by atoms with Crippen LogP contribution in [0.2, 0.25) is 0 Å². The lowest BCUT2D eigenvalue weighted by molar-refractivity contribution is -0.00521. The zero-order chi connectivity index (χ0) is 21.6. The number of amides is 2. The standard InChI is InChI=1S/C25H34N4O2/c1-19-16-29(17-20(2)31-19)24-10-8-22(9-11-24)26-25(30)27-23-12-14-28(15-13-23)18-21-6-4-3-5-7-21/h3-11,19-20,23H,12-18H2,1-2H3,(H2,26,27,30). The molecule has 2 aromatic carbocycles.